The largest absolute Gasteiger partial charge is 0.416 e. The zero-order valence-electron chi connectivity index (χ0n) is 17.1. The quantitative estimate of drug-likeness (QED) is 0.413. The number of carbonyl (C=O) groups is 2. The molecule has 0 bridgehead atoms. The first-order chi connectivity index (χ1) is 15.3. The third kappa shape index (κ3) is 6.50. The van der Waals surface area contributed by atoms with Gasteiger partial charge in [0.2, 0.25) is 5.91 Å². The highest BCUT2D eigenvalue weighted by atomic mass is 35.5. The fraction of sp³-hybridized carbons (Fsp3) is 0.476. The highest BCUT2D eigenvalue weighted by Gasteiger charge is 2.31. The Morgan fingerprint density at radius 1 is 1.31 bits per heavy atom. The number of carbonyl (C=O) groups excluding carboxylic acids is 2. The summed E-state index contributed by atoms with van der Waals surface area (Å²) >= 11 is 6.74. The number of ether oxygens (including phenoxy) is 1. The fourth-order valence-electron chi connectivity index (χ4n) is 3.31. The molecule has 0 aliphatic carbocycles. The van der Waals surface area contributed by atoms with E-state index >= 15 is 0 Å². The fourth-order valence-corrected chi connectivity index (χ4v) is 4.32. The van der Waals surface area contributed by atoms with Crippen molar-refractivity contribution >= 4 is 34.6 Å². The molecule has 0 spiro atoms. The van der Waals surface area contributed by atoms with Crippen LogP contribution in [0.4, 0.5) is 13.2 Å². The van der Waals surface area contributed by atoms with Crippen LogP contribution in [0.1, 0.15) is 29.5 Å². The standard InChI is InChI=1S/C21H23ClF3N3O3S/c22-7-9-31-11-17(29)18(28-19(30)14-2-1-8-26-10-14)20-27-16(12-32-20)13-3-5-15(6-4-13)21(23,24)25/h3-6,12,14,18,26H,1-2,7-11H2,(H,28,30)/t14?,18-/m0/s1. The van der Waals surface area contributed by atoms with E-state index in [4.69, 9.17) is 16.3 Å². The number of Topliss-reactive ketones (excluding diaryl/α,β-unsaturated/α-hetero) is 1. The van der Waals surface area contributed by atoms with Crippen molar-refractivity contribution in [1.82, 2.24) is 15.6 Å². The van der Waals surface area contributed by atoms with Crippen molar-refractivity contribution in [1.29, 1.82) is 0 Å². The maximum atomic E-state index is 12.8. The Bertz CT molecular complexity index is 915. The molecule has 1 saturated heterocycles. The summed E-state index contributed by atoms with van der Waals surface area (Å²) in [5.41, 5.74) is 0.147. The van der Waals surface area contributed by atoms with Gasteiger partial charge in [-0.2, -0.15) is 13.2 Å². The van der Waals surface area contributed by atoms with E-state index in [1.807, 2.05) is 0 Å². The van der Waals surface area contributed by atoms with Crippen LogP contribution in [0.25, 0.3) is 11.3 Å². The second-order valence-electron chi connectivity index (χ2n) is 7.34. The van der Waals surface area contributed by atoms with Crippen LogP contribution >= 0.6 is 22.9 Å². The van der Waals surface area contributed by atoms with Gasteiger partial charge in [0.25, 0.3) is 0 Å². The normalized spacial score (nSPS) is 17.7. The summed E-state index contributed by atoms with van der Waals surface area (Å²) < 4.78 is 43.7. The second kappa shape index (κ2) is 11.2. The van der Waals surface area contributed by atoms with Crippen LogP contribution in [-0.4, -0.2) is 48.9 Å². The minimum atomic E-state index is -4.43. The van der Waals surface area contributed by atoms with Crippen LogP contribution in [0.5, 0.6) is 0 Å². The predicted molar refractivity (Wildman–Crippen MR) is 116 cm³/mol. The van der Waals surface area contributed by atoms with E-state index in [2.05, 4.69) is 15.6 Å². The molecule has 3 rings (SSSR count). The first-order valence-corrected chi connectivity index (χ1v) is 11.5. The maximum absolute atomic E-state index is 12.8. The van der Waals surface area contributed by atoms with Crippen LogP contribution in [-0.2, 0) is 20.5 Å². The zero-order valence-corrected chi connectivity index (χ0v) is 18.7. The summed E-state index contributed by atoms with van der Waals surface area (Å²) in [6.07, 6.45) is -2.84. The van der Waals surface area contributed by atoms with E-state index in [-0.39, 0.29) is 36.7 Å². The van der Waals surface area contributed by atoms with Crippen LogP contribution in [0, 0.1) is 5.92 Å². The van der Waals surface area contributed by atoms with Crippen LogP contribution in [0.3, 0.4) is 0 Å². The number of alkyl halides is 4. The third-order valence-electron chi connectivity index (χ3n) is 5.02. The van der Waals surface area contributed by atoms with Gasteiger partial charge in [0, 0.05) is 23.4 Å². The van der Waals surface area contributed by atoms with Gasteiger partial charge in [-0.05, 0) is 31.5 Å². The van der Waals surface area contributed by atoms with E-state index in [9.17, 15) is 22.8 Å². The number of hydrogen-bond acceptors (Lipinski definition) is 6. The van der Waals surface area contributed by atoms with Crippen molar-refractivity contribution in [2.75, 3.05) is 32.2 Å². The number of nitrogens with zero attached hydrogens (tertiary/aromatic N) is 1. The summed E-state index contributed by atoms with van der Waals surface area (Å²) in [6.45, 7) is 1.33. The summed E-state index contributed by atoms with van der Waals surface area (Å²) in [7, 11) is 0. The molecule has 174 valence electrons. The molecule has 11 heteroatoms. The molecule has 0 saturated carbocycles. The molecule has 6 nitrogen and oxygen atoms in total. The Balaban J connectivity index is 1.78. The van der Waals surface area contributed by atoms with Gasteiger partial charge in [-0.3, -0.25) is 9.59 Å². The number of halogens is 4. The molecule has 1 aromatic heterocycles. The Morgan fingerprint density at radius 2 is 2.06 bits per heavy atom. The minimum absolute atomic E-state index is 0.190. The molecule has 0 radical (unpaired) electrons. The Labute approximate surface area is 192 Å². The molecule has 1 aromatic carbocycles. The number of piperidine rings is 1. The predicted octanol–water partition coefficient (Wildman–Crippen LogP) is 3.81. The van der Waals surface area contributed by atoms with Crippen molar-refractivity contribution in [3.8, 4) is 11.3 Å². The molecule has 1 aliphatic rings. The molecule has 2 heterocycles. The lowest BCUT2D eigenvalue weighted by Crippen LogP contribution is -2.44. The lowest BCUT2D eigenvalue weighted by Gasteiger charge is -2.24. The first kappa shape index (κ1) is 24.6. The summed E-state index contributed by atoms with van der Waals surface area (Å²) in [5.74, 6) is -0.648. The van der Waals surface area contributed by atoms with Gasteiger partial charge in [-0.25, -0.2) is 4.98 Å². The number of benzene rings is 1. The van der Waals surface area contributed by atoms with Gasteiger partial charge >= 0.3 is 6.18 Å². The van der Waals surface area contributed by atoms with E-state index < -0.39 is 17.8 Å². The molecule has 1 amide bonds. The van der Waals surface area contributed by atoms with Crippen molar-refractivity contribution in [3.63, 3.8) is 0 Å². The van der Waals surface area contributed by atoms with Crippen molar-refractivity contribution in [2.24, 2.45) is 5.92 Å². The number of aromatic nitrogens is 1. The molecular weight excluding hydrogens is 467 g/mol. The minimum Gasteiger partial charge on any atom is -0.372 e. The van der Waals surface area contributed by atoms with Crippen molar-refractivity contribution < 1.29 is 27.5 Å². The average molecular weight is 490 g/mol. The lowest BCUT2D eigenvalue weighted by atomic mass is 9.98. The van der Waals surface area contributed by atoms with Gasteiger partial charge in [-0.15, -0.1) is 22.9 Å². The average Bonchev–Trinajstić information content (AvgIpc) is 3.27. The molecule has 32 heavy (non-hydrogen) atoms. The molecule has 2 atom stereocenters. The maximum Gasteiger partial charge on any atom is 0.416 e. The summed E-state index contributed by atoms with van der Waals surface area (Å²) in [4.78, 5) is 29.9. The van der Waals surface area contributed by atoms with E-state index in [1.165, 1.54) is 12.1 Å². The van der Waals surface area contributed by atoms with Gasteiger partial charge in [0.1, 0.15) is 17.7 Å². The Kier molecular flexibility index (Phi) is 8.64. The van der Waals surface area contributed by atoms with Crippen molar-refractivity contribution in [2.45, 2.75) is 25.1 Å². The highest BCUT2D eigenvalue weighted by Crippen LogP contribution is 2.32. The number of rotatable bonds is 9. The molecule has 1 unspecified atom stereocenters. The van der Waals surface area contributed by atoms with Crippen molar-refractivity contribution in [3.05, 3.63) is 40.2 Å². The molecular formula is C21H23ClF3N3O3S. The van der Waals surface area contributed by atoms with Gasteiger partial charge in [0.05, 0.1) is 23.8 Å². The topological polar surface area (TPSA) is 80.3 Å². The number of hydrogen-bond donors (Lipinski definition) is 2. The first-order valence-electron chi connectivity index (χ1n) is 10.1. The monoisotopic (exact) mass is 489 g/mol. The van der Waals surface area contributed by atoms with Gasteiger partial charge in [0.15, 0.2) is 5.78 Å². The number of thiazole rings is 1. The summed E-state index contributed by atoms with van der Waals surface area (Å²) in [5, 5.41) is 7.93. The van der Waals surface area contributed by atoms with Crippen LogP contribution < -0.4 is 10.6 Å². The van der Waals surface area contributed by atoms with E-state index in [0.29, 0.717) is 22.8 Å². The highest BCUT2D eigenvalue weighted by molar-refractivity contribution is 7.10. The van der Waals surface area contributed by atoms with Crippen LogP contribution in [0.15, 0.2) is 29.6 Å². The number of ketones is 1. The molecule has 2 aromatic rings. The molecule has 1 fully saturated rings. The SMILES string of the molecule is O=C(N[C@@H](C(=O)COCCCl)c1nc(-c2ccc(C(F)(F)F)cc2)cs1)C1CCCNC1. The smallest absolute Gasteiger partial charge is 0.372 e. The lowest BCUT2D eigenvalue weighted by molar-refractivity contribution is -0.137. The molecule has 2 N–H and O–H groups in total. The van der Waals surface area contributed by atoms with E-state index in [0.717, 1.165) is 42.9 Å². The summed E-state index contributed by atoms with van der Waals surface area (Å²) in [6, 6.07) is 3.61. The number of nitrogens with one attached hydrogen (secondary N) is 2. The van der Waals surface area contributed by atoms with Crippen LogP contribution in [0.2, 0.25) is 0 Å². The van der Waals surface area contributed by atoms with E-state index in [1.54, 1.807) is 5.38 Å². The number of amides is 1. The Hall–Kier alpha value is -2.01. The molecule has 1 aliphatic heterocycles. The van der Waals surface area contributed by atoms with Gasteiger partial charge < -0.3 is 15.4 Å². The second-order valence-corrected chi connectivity index (χ2v) is 8.61. The van der Waals surface area contributed by atoms with Gasteiger partial charge in [-0.1, -0.05) is 12.1 Å². The third-order valence-corrected chi connectivity index (χ3v) is 6.08. The zero-order chi connectivity index (χ0) is 23.1. The Morgan fingerprint density at radius 3 is 2.69 bits per heavy atom.